The van der Waals surface area contributed by atoms with Crippen molar-refractivity contribution in [1.82, 2.24) is 24.9 Å². The largest absolute Gasteiger partial charge is 0.354 e. The Bertz CT molecular complexity index is 1120. The third kappa shape index (κ3) is 4.16. The van der Waals surface area contributed by atoms with Gasteiger partial charge < -0.3 is 21.3 Å². The van der Waals surface area contributed by atoms with E-state index < -0.39 is 11.2 Å². The second kappa shape index (κ2) is 7.58. The molecule has 13 heteroatoms. The molecule has 10 nitrogen and oxygen atoms in total. The lowest BCUT2D eigenvalue weighted by molar-refractivity contribution is -0.116. The van der Waals surface area contributed by atoms with Crippen LogP contribution in [0.25, 0.3) is 15.5 Å². The minimum atomic E-state index is -2.01. The molecule has 0 spiro atoms. The summed E-state index contributed by atoms with van der Waals surface area (Å²) >= 11 is 1.25. The summed E-state index contributed by atoms with van der Waals surface area (Å²) in [5.74, 6) is -0.129. The molecule has 29 heavy (non-hydrogen) atoms. The molecule has 4 heterocycles. The van der Waals surface area contributed by atoms with Crippen LogP contribution in [0.4, 0.5) is 11.5 Å². The number of aromatic nitrogens is 4. The fourth-order valence-electron chi connectivity index (χ4n) is 2.84. The van der Waals surface area contributed by atoms with Gasteiger partial charge in [0.1, 0.15) is 10.8 Å². The van der Waals surface area contributed by atoms with Gasteiger partial charge in [-0.1, -0.05) is 11.3 Å². The second-order valence-electron chi connectivity index (χ2n) is 6.64. The Morgan fingerprint density at radius 1 is 1.28 bits per heavy atom. The summed E-state index contributed by atoms with van der Waals surface area (Å²) in [6.07, 6.45) is 2.99. The summed E-state index contributed by atoms with van der Waals surface area (Å²) in [7, 11) is 10.8. The number of nitrogens with two attached hydrogens (primary N) is 1. The third-order valence-corrected chi connectivity index (χ3v) is 5.27. The number of pyridine rings is 1. The highest BCUT2D eigenvalue weighted by molar-refractivity contribution is 7.19. The van der Waals surface area contributed by atoms with Crippen molar-refractivity contribution in [2.75, 3.05) is 36.4 Å². The quantitative estimate of drug-likeness (QED) is 0.447. The van der Waals surface area contributed by atoms with Gasteiger partial charge in [0.2, 0.25) is 10.9 Å². The van der Waals surface area contributed by atoms with Crippen molar-refractivity contribution >= 4 is 49.4 Å². The van der Waals surface area contributed by atoms with Gasteiger partial charge in [-0.25, -0.2) is 4.98 Å². The maximum atomic E-state index is 12.5. The highest BCUT2D eigenvalue weighted by atomic mass is 32.1. The van der Waals surface area contributed by atoms with Crippen molar-refractivity contribution < 1.29 is 4.79 Å². The molecule has 4 N–H and O–H groups in total. The molecule has 1 aliphatic rings. The van der Waals surface area contributed by atoms with Crippen LogP contribution in [0.5, 0.6) is 0 Å². The zero-order chi connectivity index (χ0) is 20.6. The van der Waals surface area contributed by atoms with E-state index in [2.05, 4.69) is 30.6 Å². The van der Waals surface area contributed by atoms with Crippen LogP contribution in [-0.2, 0) is 4.79 Å². The Kier molecular flexibility index (Phi) is 5.11. The fourth-order valence-corrected chi connectivity index (χ4v) is 3.72. The topological polar surface area (TPSA) is 131 Å². The number of hydrogen-bond donors (Lipinski definition) is 3. The lowest BCUT2D eigenvalue weighted by Crippen LogP contribution is -2.52. The lowest BCUT2D eigenvalue weighted by atomic mass is 9.62. The van der Waals surface area contributed by atoms with Crippen LogP contribution >= 0.6 is 11.3 Å². The van der Waals surface area contributed by atoms with Crippen molar-refractivity contribution in [1.29, 1.82) is 0 Å². The summed E-state index contributed by atoms with van der Waals surface area (Å²) in [4.78, 5) is 35.6. The van der Waals surface area contributed by atoms with Gasteiger partial charge in [-0.3, -0.25) is 14.6 Å². The minimum Gasteiger partial charge on any atom is -0.354 e. The Labute approximate surface area is 172 Å². The van der Waals surface area contributed by atoms with E-state index in [4.69, 9.17) is 21.4 Å². The average Bonchev–Trinajstić information content (AvgIpc) is 3.13. The molecule has 4 rings (SSSR count). The zero-order valence-corrected chi connectivity index (χ0v) is 16.1. The highest BCUT2D eigenvalue weighted by Crippen LogP contribution is 2.26. The monoisotopic (exact) mass is 406 g/mol. The molecule has 144 valence electrons. The van der Waals surface area contributed by atoms with E-state index in [1.165, 1.54) is 28.1 Å². The standard InChI is InChI=1S/C16H16B2N8O2S/c17-16(18,19)14(28)22-10-5-9(7-21-8-10)13-24-26-12(27)6-11(23-15(26)29-13)25-3-1-20-2-4-25/h5-8,20H,1-4,19H2,(H,22,28). The van der Waals surface area contributed by atoms with E-state index in [0.717, 1.165) is 26.2 Å². The smallest absolute Gasteiger partial charge is 0.277 e. The van der Waals surface area contributed by atoms with Gasteiger partial charge in [0.05, 0.1) is 27.6 Å². The number of rotatable bonds is 4. The molecular formula is C16H16B2N8O2S. The number of carbonyl (C=O) groups is 1. The van der Waals surface area contributed by atoms with Crippen LogP contribution in [0.15, 0.2) is 29.3 Å². The van der Waals surface area contributed by atoms with E-state index in [-0.39, 0.29) is 5.56 Å². The molecule has 0 saturated carbocycles. The first-order valence-electron chi connectivity index (χ1n) is 8.81. The molecule has 1 aliphatic heterocycles. The van der Waals surface area contributed by atoms with Gasteiger partial charge in [-0.2, -0.15) is 9.61 Å². The van der Waals surface area contributed by atoms with Crippen LogP contribution in [0.1, 0.15) is 0 Å². The Balaban J connectivity index is 1.66. The van der Waals surface area contributed by atoms with E-state index in [0.29, 0.717) is 27.0 Å². The predicted octanol–water partition coefficient (Wildman–Crippen LogP) is -1.49. The second-order valence-corrected chi connectivity index (χ2v) is 7.60. The predicted molar refractivity (Wildman–Crippen MR) is 113 cm³/mol. The van der Waals surface area contributed by atoms with Gasteiger partial charge in [-0.05, 0) is 6.07 Å². The molecule has 3 aromatic heterocycles. The van der Waals surface area contributed by atoms with Gasteiger partial charge in [0, 0.05) is 49.3 Å². The molecule has 1 saturated heterocycles. The lowest BCUT2D eigenvalue weighted by Gasteiger charge is -2.27. The summed E-state index contributed by atoms with van der Waals surface area (Å²) in [6.45, 7) is 3.25. The van der Waals surface area contributed by atoms with Crippen molar-refractivity contribution in [2.45, 2.75) is 5.34 Å². The maximum Gasteiger partial charge on any atom is 0.277 e. The number of carbonyl (C=O) groups excluding carboxylic acids is 1. The summed E-state index contributed by atoms with van der Waals surface area (Å²) < 4.78 is 1.25. The number of piperazine rings is 1. The van der Waals surface area contributed by atoms with Gasteiger partial charge >= 0.3 is 0 Å². The first-order chi connectivity index (χ1) is 13.8. The number of nitrogens with zero attached hydrogens (tertiary/aromatic N) is 5. The molecule has 0 aliphatic carbocycles. The van der Waals surface area contributed by atoms with Crippen molar-refractivity contribution in [2.24, 2.45) is 5.73 Å². The fraction of sp³-hybridized carbons (Fsp3) is 0.312. The minimum absolute atomic E-state index is 0.261. The number of amides is 1. The van der Waals surface area contributed by atoms with Crippen molar-refractivity contribution in [3.05, 3.63) is 34.9 Å². The van der Waals surface area contributed by atoms with Crippen LogP contribution in [0, 0.1) is 0 Å². The zero-order valence-electron chi connectivity index (χ0n) is 15.3. The van der Waals surface area contributed by atoms with Crippen LogP contribution < -0.4 is 26.8 Å². The summed E-state index contributed by atoms with van der Waals surface area (Å²) in [5, 5.41) is 8.61. The highest BCUT2D eigenvalue weighted by Gasteiger charge is 2.21. The number of anilines is 2. The molecule has 3 aromatic rings. The first kappa shape index (κ1) is 19.6. The molecule has 1 fully saturated rings. The van der Waals surface area contributed by atoms with Crippen LogP contribution in [0.3, 0.4) is 0 Å². The molecule has 1 amide bonds. The molecule has 0 atom stereocenters. The first-order valence-corrected chi connectivity index (χ1v) is 9.63. The summed E-state index contributed by atoms with van der Waals surface area (Å²) in [5.41, 5.74) is 6.06. The van der Waals surface area contributed by atoms with E-state index >= 15 is 0 Å². The molecule has 4 radical (unpaired) electrons. The van der Waals surface area contributed by atoms with E-state index in [1.54, 1.807) is 12.3 Å². The van der Waals surface area contributed by atoms with Gasteiger partial charge in [-0.15, -0.1) is 0 Å². The van der Waals surface area contributed by atoms with Gasteiger partial charge in [0.15, 0.2) is 0 Å². The van der Waals surface area contributed by atoms with Crippen molar-refractivity contribution in [3.8, 4) is 10.6 Å². The Hall–Kier alpha value is -2.76. The Morgan fingerprint density at radius 2 is 2.03 bits per heavy atom. The van der Waals surface area contributed by atoms with Crippen molar-refractivity contribution in [3.63, 3.8) is 0 Å². The molecule has 0 bridgehead atoms. The maximum absolute atomic E-state index is 12.5. The number of fused-ring (bicyclic) bond motifs is 1. The molecule has 0 aromatic carbocycles. The molecule has 0 unspecified atom stereocenters. The van der Waals surface area contributed by atoms with E-state index in [9.17, 15) is 9.59 Å². The Morgan fingerprint density at radius 3 is 2.76 bits per heavy atom. The van der Waals surface area contributed by atoms with E-state index in [1.807, 2.05) is 0 Å². The third-order valence-electron chi connectivity index (χ3n) is 4.31. The molecular weight excluding hydrogens is 390 g/mol. The normalized spacial score (nSPS) is 14.9. The average molecular weight is 406 g/mol. The number of nitrogens with one attached hydrogen (secondary N) is 2. The SMILES string of the molecule is [B]C([B])(N)C(=O)Nc1cncc(-c2nn3c(=O)cc(N4CCNCC4)nc3s2)c1. The van der Waals surface area contributed by atoms with Crippen LogP contribution in [0.2, 0.25) is 0 Å². The van der Waals surface area contributed by atoms with Gasteiger partial charge in [0.25, 0.3) is 5.56 Å². The summed E-state index contributed by atoms with van der Waals surface area (Å²) in [6, 6.07) is 3.12. The van der Waals surface area contributed by atoms with Crippen LogP contribution in [-0.4, -0.2) is 72.7 Å². The number of hydrogen-bond acceptors (Lipinski definition) is 9.